The number of methoxy groups -OCH3 is 2. The first-order valence-corrected chi connectivity index (χ1v) is 9.81. The van der Waals surface area contributed by atoms with Gasteiger partial charge in [-0.15, -0.1) is 11.3 Å². The molecule has 8 nitrogen and oxygen atoms in total. The van der Waals surface area contributed by atoms with E-state index in [4.69, 9.17) is 9.47 Å². The average Bonchev–Trinajstić information content (AvgIpc) is 3.30. The lowest BCUT2D eigenvalue weighted by atomic mass is 9.91. The Bertz CT molecular complexity index is 930. The van der Waals surface area contributed by atoms with Gasteiger partial charge in [0.2, 0.25) is 5.91 Å². The predicted molar refractivity (Wildman–Crippen MR) is 108 cm³/mol. The second kappa shape index (κ2) is 8.12. The standard InChI is InChI=1S/C20H23N3O5S/c1-20(13-7-8-15(27-3)16(10-13)28-4)18(25)23(19(26)21-20)12-17(24)22(2)11-14-6-5-9-29-14/h5-10H,11-12H2,1-4H3,(H,21,26). The summed E-state index contributed by atoms with van der Waals surface area (Å²) in [5, 5.41) is 4.63. The lowest BCUT2D eigenvalue weighted by Crippen LogP contribution is -2.43. The third kappa shape index (κ3) is 3.91. The number of thiophene rings is 1. The molecule has 1 aromatic carbocycles. The highest BCUT2D eigenvalue weighted by Crippen LogP contribution is 2.35. The van der Waals surface area contributed by atoms with Crippen LogP contribution in [-0.2, 0) is 21.7 Å². The van der Waals surface area contributed by atoms with E-state index < -0.39 is 17.5 Å². The molecule has 4 amide bonds. The van der Waals surface area contributed by atoms with E-state index >= 15 is 0 Å². The molecule has 1 aromatic heterocycles. The molecule has 0 saturated carbocycles. The third-order valence-corrected chi connectivity index (χ3v) is 5.79. The molecular weight excluding hydrogens is 394 g/mol. The van der Waals surface area contributed by atoms with Crippen LogP contribution in [0.2, 0.25) is 0 Å². The molecule has 1 saturated heterocycles. The minimum absolute atomic E-state index is 0.321. The van der Waals surface area contributed by atoms with Gasteiger partial charge in [-0.1, -0.05) is 12.1 Å². The fourth-order valence-electron chi connectivity index (χ4n) is 3.16. The summed E-state index contributed by atoms with van der Waals surface area (Å²) in [5.74, 6) is 0.142. The highest BCUT2D eigenvalue weighted by molar-refractivity contribution is 7.09. The van der Waals surface area contributed by atoms with E-state index in [1.807, 2.05) is 17.5 Å². The average molecular weight is 417 g/mol. The van der Waals surface area contributed by atoms with Gasteiger partial charge in [0.05, 0.1) is 20.8 Å². The van der Waals surface area contributed by atoms with E-state index in [1.54, 1.807) is 43.5 Å². The fraction of sp³-hybridized carbons (Fsp3) is 0.350. The first-order chi connectivity index (χ1) is 13.8. The summed E-state index contributed by atoms with van der Waals surface area (Å²) in [4.78, 5) is 41.6. The summed E-state index contributed by atoms with van der Waals surface area (Å²) >= 11 is 1.54. The largest absolute Gasteiger partial charge is 0.493 e. The van der Waals surface area contributed by atoms with Crippen molar-refractivity contribution in [1.82, 2.24) is 15.1 Å². The summed E-state index contributed by atoms with van der Waals surface area (Å²) in [5.41, 5.74) is -0.765. The van der Waals surface area contributed by atoms with Gasteiger partial charge in [0, 0.05) is 11.9 Å². The number of amides is 4. The molecule has 1 fully saturated rings. The van der Waals surface area contributed by atoms with Crippen LogP contribution in [0.4, 0.5) is 4.79 Å². The maximum atomic E-state index is 13.1. The monoisotopic (exact) mass is 417 g/mol. The summed E-state index contributed by atoms with van der Waals surface area (Å²) in [7, 11) is 4.66. The molecule has 2 heterocycles. The van der Waals surface area contributed by atoms with Crippen LogP contribution in [0.25, 0.3) is 0 Å². The Hall–Kier alpha value is -3.07. The number of carbonyl (C=O) groups is 3. The van der Waals surface area contributed by atoms with Crippen LogP contribution < -0.4 is 14.8 Å². The molecule has 1 N–H and O–H groups in total. The summed E-state index contributed by atoms with van der Waals surface area (Å²) < 4.78 is 10.5. The number of carbonyl (C=O) groups excluding carboxylic acids is 3. The van der Waals surface area contributed by atoms with Crippen LogP contribution in [0.5, 0.6) is 11.5 Å². The Kier molecular flexibility index (Phi) is 5.78. The van der Waals surface area contributed by atoms with Gasteiger partial charge in [-0.25, -0.2) is 4.79 Å². The van der Waals surface area contributed by atoms with Crippen LogP contribution in [-0.4, -0.2) is 55.5 Å². The van der Waals surface area contributed by atoms with E-state index in [0.717, 1.165) is 9.78 Å². The van der Waals surface area contributed by atoms with Crippen molar-refractivity contribution in [1.29, 1.82) is 0 Å². The number of hydrogen-bond acceptors (Lipinski definition) is 6. The second-order valence-electron chi connectivity index (χ2n) is 6.85. The zero-order valence-corrected chi connectivity index (χ0v) is 17.5. The van der Waals surface area contributed by atoms with Crippen LogP contribution >= 0.6 is 11.3 Å². The van der Waals surface area contributed by atoms with Gasteiger partial charge in [0.25, 0.3) is 5.91 Å². The van der Waals surface area contributed by atoms with Crippen molar-refractivity contribution in [2.75, 3.05) is 27.8 Å². The van der Waals surface area contributed by atoms with Gasteiger partial charge >= 0.3 is 6.03 Å². The van der Waals surface area contributed by atoms with Gasteiger partial charge in [-0.05, 0) is 36.1 Å². The molecule has 154 valence electrons. The molecular formula is C20H23N3O5S. The van der Waals surface area contributed by atoms with Gasteiger partial charge in [-0.2, -0.15) is 0 Å². The highest BCUT2D eigenvalue weighted by atomic mass is 32.1. The molecule has 2 aromatic rings. The molecule has 1 atom stereocenters. The molecule has 29 heavy (non-hydrogen) atoms. The lowest BCUT2D eigenvalue weighted by Gasteiger charge is -2.24. The number of ether oxygens (including phenoxy) is 2. The minimum atomic E-state index is -1.30. The van der Waals surface area contributed by atoms with Gasteiger partial charge in [-0.3, -0.25) is 14.5 Å². The molecule has 1 aliphatic heterocycles. The van der Waals surface area contributed by atoms with Crippen LogP contribution in [0.1, 0.15) is 17.4 Å². The normalized spacial score (nSPS) is 18.6. The molecule has 0 spiro atoms. The quantitative estimate of drug-likeness (QED) is 0.698. The molecule has 1 unspecified atom stereocenters. The van der Waals surface area contributed by atoms with E-state index in [1.165, 1.54) is 19.1 Å². The number of hydrogen-bond donors (Lipinski definition) is 1. The lowest BCUT2D eigenvalue weighted by molar-refractivity contribution is -0.138. The molecule has 1 aliphatic rings. The number of likely N-dealkylation sites (N-methyl/N-ethyl adjacent to an activating group) is 1. The summed E-state index contributed by atoms with van der Waals surface area (Å²) in [6, 6.07) is 8.23. The number of benzene rings is 1. The van der Waals surface area contributed by atoms with Crippen molar-refractivity contribution in [3.8, 4) is 11.5 Å². The minimum Gasteiger partial charge on any atom is -0.493 e. The second-order valence-corrected chi connectivity index (χ2v) is 7.88. The number of imide groups is 1. The highest BCUT2D eigenvalue weighted by Gasteiger charge is 2.50. The third-order valence-electron chi connectivity index (χ3n) is 4.93. The molecule has 0 radical (unpaired) electrons. The Morgan fingerprint density at radius 2 is 1.93 bits per heavy atom. The van der Waals surface area contributed by atoms with Crippen LogP contribution in [0, 0.1) is 0 Å². The maximum Gasteiger partial charge on any atom is 0.325 e. The fourth-order valence-corrected chi connectivity index (χ4v) is 3.92. The van der Waals surface area contributed by atoms with Crippen molar-refractivity contribution in [3.63, 3.8) is 0 Å². The van der Waals surface area contributed by atoms with Crippen LogP contribution in [0.3, 0.4) is 0 Å². The molecule has 3 rings (SSSR count). The van der Waals surface area contributed by atoms with Gasteiger partial charge in [0.1, 0.15) is 12.1 Å². The van der Waals surface area contributed by atoms with Crippen molar-refractivity contribution in [2.24, 2.45) is 0 Å². The smallest absolute Gasteiger partial charge is 0.325 e. The van der Waals surface area contributed by atoms with Crippen molar-refractivity contribution in [3.05, 3.63) is 46.2 Å². The summed E-state index contributed by atoms with van der Waals surface area (Å²) in [6.45, 7) is 1.71. The maximum absolute atomic E-state index is 13.1. The van der Waals surface area contributed by atoms with E-state index in [2.05, 4.69) is 5.32 Å². The van der Waals surface area contributed by atoms with E-state index in [0.29, 0.717) is 23.6 Å². The number of rotatable bonds is 7. The van der Waals surface area contributed by atoms with Crippen molar-refractivity contribution in [2.45, 2.75) is 19.0 Å². The zero-order valence-electron chi connectivity index (χ0n) is 16.7. The zero-order chi connectivity index (χ0) is 21.2. The topological polar surface area (TPSA) is 88.2 Å². The van der Waals surface area contributed by atoms with E-state index in [9.17, 15) is 14.4 Å². The number of nitrogens with one attached hydrogen (secondary N) is 1. The molecule has 0 bridgehead atoms. The summed E-state index contributed by atoms with van der Waals surface area (Å²) in [6.07, 6.45) is 0. The molecule has 0 aliphatic carbocycles. The Morgan fingerprint density at radius 3 is 2.55 bits per heavy atom. The SMILES string of the molecule is COc1ccc(C2(C)NC(=O)N(CC(=O)N(C)Cc3cccs3)C2=O)cc1OC. The van der Waals surface area contributed by atoms with Crippen molar-refractivity contribution < 1.29 is 23.9 Å². The van der Waals surface area contributed by atoms with E-state index in [-0.39, 0.29) is 12.5 Å². The number of urea groups is 1. The van der Waals surface area contributed by atoms with Gasteiger partial charge in [0.15, 0.2) is 11.5 Å². The van der Waals surface area contributed by atoms with Gasteiger partial charge < -0.3 is 19.7 Å². The Labute approximate surface area is 173 Å². The number of nitrogens with zero attached hydrogens (tertiary/aromatic N) is 2. The Balaban J connectivity index is 1.77. The van der Waals surface area contributed by atoms with Crippen molar-refractivity contribution >= 4 is 29.2 Å². The Morgan fingerprint density at radius 1 is 1.21 bits per heavy atom. The van der Waals surface area contributed by atoms with Crippen LogP contribution in [0.15, 0.2) is 35.7 Å². The predicted octanol–water partition coefficient (Wildman–Crippen LogP) is 2.19. The first kappa shape index (κ1) is 20.7. The molecule has 9 heteroatoms. The first-order valence-electron chi connectivity index (χ1n) is 8.93.